The largest absolute Gasteiger partial charge is 0.392 e. The second kappa shape index (κ2) is 10.5. The number of rotatable bonds is 9. The number of aryl methyl sites for hydroxylation is 2. The van der Waals surface area contributed by atoms with E-state index in [4.69, 9.17) is 4.99 Å². The van der Waals surface area contributed by atoms with Crippen LogP contribution in [0.1, 0.15) is 65.6 Å². The first-order valence-electron chi connectivity index (χ1n) is 12.8. The Bertz CT molecular complexity index is 1290. The number of aliphatic imine (C=N–C) groups is 1. The smallest absolute Gasteiger partial charge is 0.108 e. The Morgan fingerprint density at radius 1 is 0.806 bits per heavy atom. The molecule has 3 aromatic rings. The molecule has 3 N–H and O–H groups in total. The fourth-order valence-electron chi connectivity index (χ4n) is 5.30. The molecule has 1 aliphatic rings. The van der Waals surface area contributed by atoms with Crippen LogP contribution in [0.3, 0.4) is 0 Å². The quantitative estimate of drug-likeness (QED) is 0.347. The number of hydrogen-bond donors (Lipinski definition) is 3. The van der Waals surface area contributed by atoms with Gasteiger partial charge in [0, 0.05) is 12.6 Å². The van der Waals surface area contributed by atoms with E-state index in [1.807, 2.05) is 44.3 Å². The molecule has 0 aromatic heterocycles. The van der Waals surface area contributed by atoms with E-state index in [2.05, 4.69) is 56.3 Å². The highest BCUT2D eigenvalue weighted by atomic mass is 16.3. The predicted molar refractivity (Wildman–Crippen MR) is 147 cm³/mol. The SMILES string of the molecule is CCC(O)(CC)c1ccc(-c2cc(C3(Cc4ccc(CO)c(CO)c4)C=CC=N3)ccc2C)c(C)c1. The van der Waals surface area contributed by atoms with E-state index in [0.717, 1.165) is 44.5 Å². The summed E-state index contributed by atoms with van der Waals surface area (Å²) < 4.78 is 0. The molecule has 3 aromatic carbocycles. The van der Waals surface area contributed by atoms with E-state index in [-0.39, 0.29) is 13.2 Å². The average Bonchev–Trinajstić information content (AvgIpc) is 3.38. The summed E-state index contributed by atoms with van der Waals surface area (Å²) in [5, 5.41) is 30.4. The molecule has 0 fully saturated rings. The van der Waals surface area contributed by atoms with Crippen LogP contribution in [-0.4, -0.2) is 21.5 Å². The minimum atomic E-state index is -0.799. The van der Waals surface area contributed by atoms with Crippen molar-refractivity contribution in [1.29, 1.82) is 0 Å². The monoisotopic (exact) mass is 483 g/mol. The first kappa shape index (κ1) is 26.0. The van der Waals surface area contributed by atoms with Crippen LogP contribution in [0.25, 0.3) is 11.1 Å². The average molecular weight is 484 g/mol. The van der Waals surface area contributed by atoms with Gasteiger partial charge in [0.05, 0.1) is 18.8 Å². The number of allylic oxidation sites excluding steroid dienone is 1. The molecule has 0 saturated carbocycles. The lowest BCUT2D eigenvalue weighted by Gasteiger charge is -2.28. The Morgan fingerprint density at radius 2 is 1.56 bits per heavy atom. The minimum absolute atomic E-state index is 0.0905. The van der Waals surface area contributed by atoms with Crippen molar-refractivity contribution in [3.63, 3.8) is 0 Å². The molecular formula is C32H37NO3. The maximum atomic E-state index is 11.0. The van der Waals surface area contributed by atoms with E-state index >= 15 is 0 Å². The van der Waals surface area contributed by atoms with Crippen LogP contribution in [0, 0.1) is 13.8 Å². The van der Waals surface area contributed by atoms with Crippen LogP contribution < -0.4 is 0 Å². The van der Waals surface area contributed by atoms with E-state index in [1.54, 1.807) is 0 Å². The molecule has 4 rings (SSSR count). The third-order valence-electron chi connectivity index (χ3n) is 7.81. The van der Waals surface area contributed by atoms with E-state index in [1.165, 1.54) is 5.56 Å². The van der Waals surface area contributed by atoms with Gasteiger partial charge in [-0.2, -0.15) is 0 Å². The zero-order chi connectivity index (χ0) is 25.9. The second-order valence-corrected chi connectivity index (χ2v) is 9.96. The number of aliphatic hydroxyl groups excluding tert-OH is 2. The first-order chi connectivity index (χ1) is 17.3. The molecule has 0 radical (unpaired) electrons. The summed E-state index contributed by atoms with van der Waals surface area (Å²) in [4.78, 5) is 4.91. The van der Waals surface area contributed by atoms with Crippen molar-refractivity contribution in [2.45, 2.75) is 71.3 Å². The van der Waals surface area contributed by atoms with Crippen LogP contribution in [0.2, 0.25) is 0 Å². The molecule has 1 heterocycles. The van der Waals surface area contributed by atoms with Gasteiger partial charge in [-0.15, -0.1) is 0 Å². The number of nitrogens with zero attached hydrogens (tertiary/aromatic N) is 1. The lowest BCUT2D eigenvalue weighted by molar-refractivity contribution is 0.0283. The molecule has 1 unspecified atom stereocenters. The van der Waals surface area contributed by atoms with Crippen molar-refractivity contribution in [1.82, 2.24) is 0 Å². The van der Waals surface area contributed by atoms with Crippen molar-refractivity contribution >= 4 is 6.21 Å². The molecule has 0 spiro atoms. The van der Waals surface area contributed by atoms with Gasteiger partial charge in [-0.25, -0.2) is 0 Å². The highest BCUT2D eigenvalue weighted by Gasteiger charge is 2.32. The zero-order valence-electron chi connectivity index (χ0n) is 21.8. The van der Waals surface area contributed by atoms with Crippen LogP contribution >= 0.6 is 0 Å². The normalized spacial score (nSPS) is 17.2. The molecule has 0 bridgehead atoms. The summed E-state index contributed by atoms with van der Waals surface area (Å²) in [6, 6.07) is 18.7. The summed E-state index contributed by atoms with van der Waals surface area (Å²) in [7, 11) is 0. The van der Waals surface area contributed by atoms with Gasteiger partial charge in [0.1, 0.15) is 5.54 Å². The Morgan fingerprint density at radius 3 is 2.17 bits per heavy atom. The second-order valence-electron chi connectivity index (χ2n) is 9.96. The molecule has 1 atom stereocenters. The molecule has 4 heteroatoms. The fourth-order valence-corrected chi connectivity index (χ4v) is 5.30. The first-order valence-corrected chi connectivity index (χ1v) is 12.8. The molecule has 0 aliphatic carbocycles. The maximum absolute atomic E-state index is 11.0. The van der Waals surface area contributed by atoms with Gasteiger partial charge in [-0.1, -0.05) is 68.5 Å². The Labute approximate surface area is 214 Å². The molecule has 1 aliphatic heterocycles. The van der Waals surface area contributed by atoms with Gasteiger partial charge in [-0.05, 0) is 88.9 Å². The molecule has 36 heavy (non-hydrogen) atoms. The van der Waals surface area contributed by atoms with E-state index in [0.29, 0.717) is 19.3 Å². The lowest BCUT2D eigenvalue weighted by atomic mass is 9.81. The van der Waals surface area contributed by atoms with Crippen LogP contribution in [0.15, 0.2) is 71.7 Å². The van der Waals surface area contributed by atoms with Gasteiger partial charge < -0.3 is 15.3 Å². The van der Waals surface area contributed by atoms with Gasteiger partial charge in [0.15, 0.2) is 0 Å². The highest BCUT2D eigenvalue weighted by molar-refractivity contribution is 5.77. The lowest BCUT2D eigenvalue weighted by Crippen LogP contribution is -2.23. The number of hydrogen-bond acceptors (Lipinski definition) is 4. The standard InChI is InChI=1S/C32H37NO3/c1-5-32(36,6-2)28-12-13-29(23(4)16-28)30-18-27(11-8-22(30)3)31(14-7-15-33-31)19-24-9-10-25(20-34)26(17-24)21-35/h7-18,34-36H,5-6,19-21H2,1-4H3. The van der Waals surface area contributed by atoms with Gasteiger partial charge in [0.25, 0.3) is 0 Å². The van der Waals surface area contributed by atoms with Crippen LogP contribution in [0.5, 0.6) is 0 Å². The van der Waals surface area contributed by atoms with Crippen molar-refractivity contribution < 1.29 is 15.3 Å². The topological polar surface area (TPSA) is 73.0 Å². The Kier molecular flexibility index (Phi) is 7.60. The van der Waals surface area contributed by atoms with Crippen molar-refractivity contribution in [2.24, 2.45) is 4.99 Å². The molecular weight excluding hydrogens is 446 g/mol. The molecule has 4 nitrogen and oxygen atoms in total. The Hall–Kier alpha value is -3.05. The highest BCUT2D eigenvalue weighted by Crippen LogP contribution is 2.39. The fraction of sp³-hybridized carbons (Fsp3) is 0.344. The van der Waals surface area contributed by atoms with Crippen molar-refractivity contribution in [3.05, 3.63) is 106 Å². The molecule has 0 saturated heterocycles. The summed E-state index contributed by atoms with van der Waals surface area (Å²) in [5.41, 5.74) is 7.93. The summed E-state index contributed by atoms with van der Waals surface area (Å²) in [5.74, 6) is 0. The number of aliphatic hydroxyl groups is 3. The molecule has 188 valence electrons. The Balaban J connectivity index is 1.75. The van der Waals surface area contributed by atoms with Gasteiger partial charge in [-0.3, -0.25) is 4.99 Å². The van der Waals surface area contributed by atoms with Crippen molar-refractivity contribution in [2.75, 3.05) is 0 Å². The predicted octanol–water partition coefficient (Wildman–Crippen LogP) is 6.04. The van der Waals surface area contributed by atoms with Crippen molar-refractivity contribution in [3.8, 4) is 11.1 Å². The van der Waals surface area contributed by atoms with Gasteiger partial charge in [0.2, 0.25) is 0 Å². The van der Waals surface area contributed by atoms with E-state index < -0.39 is 11.1 Å². The maximum Gasteiger partial charge on any atom is 0.108 e. The molecule has 0 amide bonds. The number of benzene rings is 3. The minimum Gasteiger partial charge on any atom is -0.392 e. The summed E-state index contributed by atoms with van der Waals surface area (Å²) in [6.07, 6.45) is 8.00. The van der Waals surface area contributed by atoms with Crippen LogP contribution in [-0.2, 0) is 30.8 Å². The third kappa shape index (κ3) is 4.81. The zero-order valence-corrected chi connectivity index (χ0v) is 21.8. The third-order valence-corrected chi connectivity index (χ3v) is 7.81. The van der Waals surface area contributed by atoms with Gasteiger partial charge >= 0.3 is 0 Å². The van der Waals surface area contributed by atoms with Crippen LogP contribution in [0.4, 0.5) is 0 Å². The summed E-state index contributed by atoms with van der Waals surface area (Å²) >= 11 is 0. The summed E-state index contributed by atoms with van der Waals surface area (Å²) in [6.45, 7) is 8.09. The van der Waals surface area contributed by atoms with E-state index in [9.17, 15) is 15.3 Å².